The van der Waals surface area contributed by atoms with Gasteiger partial charge in [-0.3, -0.25) is 0 Å². The highest BCUT2D eigenvalue weighted by atomic mass is 32.2. The maximum atomic E-state index is 12.2. The molecule has 1 aromatic rings. The van der Waals surface area contributed by atoms with Crippen molar-refractivity contribution < 1.29 is 13.2 Å². The van der Waals surface area contributed by atoms with Gasteiger partial charge in [-0.15, -0.1) is 0 Å². The van der Waals surface area contributed by atoms with Gasteiger partial charge < -0.3 is 10.5 Å². The summed E-state index contributed by atoms with van der Waals surface area (Å²) in [6.45, 7) is 3.52. The fourth-order valence-electron chi connectivity index (χ4n) is 2.26. The molecule has 2 rings (SSSR count). The van der Waals surface area contributed by atoms with Crippen molar-refractivity contribution in [1.82, 2.24) is 4.31 Å². The van der Waals surface area contributed by atoms with Crippen molar-refractivity contribution in [3.05, 3.63) is 29.3 Å². The number of fused-ring (bicyclic) bond motifs is 1. The summed E-state index contributed by atoms with van der Waals surface area (Å²) in [4.78, 5) is 0. The van der Waals surface area contributed by atoms with Crippen LogP contribution in [-0.2, 0) is 27.7 Å². The molecule has 0 atom stereocenters. The number of sulfonamides is 1. The van der Waals surface area contributed by atoms with E-state index in [2.05, 4.69) is 0 Å². The van der Waals surface area contributed by atoms with E-state index in [0.717, 1.165) is 11.1 Å². The first kappa shape index (κ1) is 14.3. The van der Waals surface area contributed by atoms with Crippen LogP contribution >= 0.6 is 0 Å². The number of hydrogen-bond acceptors (Lipinski definition) is 4. The second kappa shape index (κ2) is 5.90. The molecule has 2 N–H and O–H groups in total. The number of rotatable bonds is 5. The number of hydrogen-bond donors (Lipinski definition) is 1. The van der Waals surface area contributed by atoms with Crippen LogP contribution in [0.25, 0.3) is 0 Å². The van der Waals surface area contributed by atoms with Gasteiger partial charge in [0.25, 0.3) is 0 Å². The molecule has 106 valence electrons. The summed E-state index contributed by atoms with van der Waals surface area (Å²) < 4.78 is 31.0. The minimum Gasteiger partial charge on any atom is -0.398 e. The van der Waals surface area contributed by atoms with Crippen molar-refractivity contribution in [2.24, 2.45) is 0 Å². The third-order valence-corrected chi connectivity index (χ3v) is 5.14. The molecule has 0 saturated carbocycles. The first-order valence-corrected chi connectivity index (χ1v) is 8.07. The summed E-state index contributed by atoms with van der Waals surface area (Å²) in [5.74, 6) is 0.0307. The molecule has 1 aliphatic heterocycles. The Labute approximate surface area is 114 Å². The van der Waals surface area contributed by atoms with Crippen molar-refractivity contribution in [1.29, 1.82) is 0 Å². The lowest BCUT2D eigenvalue weighted by molar-refractivity contribution is 0.162. The molecule has 5 nitrogen and oxygen atoms in total. The third kappa shape index (κ3) is 3.26. The molecule has 0 fully saturated rings. The van der Waals surface area contributed by atoms with Crippen molar-refractivity contribution in [3.8, 4) is 0 Å². The van der Waals surface area contributed by atoms with Gasteiger partial charge in [-0.2, -0.15) is 4.31 Å². The number of nitrogen functional groups attached to an aromatic ring is 1. The standard InChI is InChI=1S/C13H20N2O3S/c1-2-18-8-9-19(16,17)15-7-6-11-4-3-5-13(14)12(11)10-15/h3-5H,2,6-10,14H2,1H3. The van der Waals surface area contributed by atoms with Gasteiger partial charge >= 0.3 is 0 Å². The van der Waals surface area contributed by atoms with Gasteiger partial charge in [0.05, 0.1) is 12.4 Å². The Morgan fingerprint density at radius 1 is 1.42 bits per heavy atom. The lowest BCUT2D eigenvalue weighted by Gasteiger charge is -2.28. The second-order valence-electron chi connectivity index (χ2n) is 4.58. The van der Waals surface area contributed by atoms with Crippen LogP contribution in [0.3, 0.4) is 0 Å². The molecule has 6 heteroatoms. The maximum absolute atomic E-state index is 12.2. The Hall–Kier alpha value is -1.11. The summed E-state index contributed by atoms with van der Waals surface area (Å²) in [5, 5.41) is 0. The largest absolute Gasteiger partial charge is 0.398 e. The molecule has 0 amide bonds. The molecule has 0 bridgehead atoms. The predicted molar refractivity (Wildman–Crippen MR) is 75.2 cm³/mol. The fourth-order valence-corrected chi connectivity index (χ4v) is 3.54. The number of benzene rings is 1. The molecule has 1 aromatic carbocycles. The molecular formula is C13H20N2O3S. The quantitative estimate of drug-likeness (QED) is 0.646. The van der Waals surface area contributed by atoms with E-state index in [0.29, 0.717) is 31.8 Å². The smallest absolute Gasteiger partial charge is 0.216 e. The molecule has 1 aliphatic rings. The van der Waals surface area contributed by atoms with Crippen LogP contribution in [0.5, 0.6) is 0 Å². The zero-order chi connectivity index (χ0) is 13.9. The SMILES string of the molecule is CCOCCS(=O)(=O)N1CCc2cccc(N)c2C1. The monoisotopic (exact) mass is 284 g/mol. The lowest BCUT2D eigenvalue weighted by Crippen LogP contribution is -2.38. The molecule has 0 spiro atoms. The van der Waals surface area contributed by atoms with Gasteiger partial charge in [-0.1, -0.05) is 12.1 Å². The van der Waals surface area contributed by atoms with Crippen molar-refractivity contribution in [2.45, 2.75) is 19.9 Å². The zero-order valence-electron chi connectivity index (χ0n) is 11.1. The summed E-state index contributed by atoms with van der Waals surface area (Å²) in [6, 6.07) is 5.73. The third-order valence-electron chi connectivity index (χ3n) is 3.36. The minimum absolute atomic E-state index is 0.0307. The van der Waals surface area contributed by atoms with E-state index in [-0.39, 0.29) is 12.4 Å². The van der Waals surface area contributed by atoms with E-state index in [4.69, 9.17) is 10.5 Å². The average molecular weight is 284 g/mol. The van der Waals surface area contributed by atoms with Crippen LogP contribution in [0.4, 0.5) is 5.69 Å². The van der Waals surface area contributed by atoms with Crippen LogP contribution < -0.4 is 5.73 Å². The molecule has 0 unspecified atom stereocenters. The normalized spacial score (nSPS) is 16.3. The van der Waals surface area contributed by atoms with Crippen LogP contribution in [0.2, 0.25) is 0 Å². The molecule has 0 saturated heterocycles. The number of ether oxygens (including phenoxy) is 1. The fraction of sp³-hybridized carbons (Fsp3) is 0.538. The Bertz CT molecular complexity index is 543. The van der Waals surface area contributed by atoms with Gasteiger partial charge in [-0.25, -0.2) is 8.42 Å². The first-order chi connectivity index (χ1) is 9.04. The van der Waals surface area contributed by atoms with Gasteiger partial charge in [0.1, 0.15) is 0 Å². The molecule has 0 aromatic heterocycles. The highest BCUT2D eigenvalue weighted by Crippen LogP contribution is 2.25. The molecule has 1 heterocycles. The molecule has 0 aliphatic carbocycles. The predicted octanol–water partition coefficient (Wildman–Crippen LogP) is 0.993. The summed E-state index contributed by atoms with van der Waals surface area (Å²) >= 11 is 0. The highest BCUT2D eigenvalue weighted by Gasteiger charge is 2.27. The zero-order valence-corrected chi connectivity index (χ0v) is 11.9. The van der Waals surface area contributed by atoms with Crippen molar-refractivity contribution in [2.75, 3.05) is 31.2 Å². The minimum atomic E-state index is -3.26. The van der Waals surface area contributed by atoms with Gasteiger partial charge in [0.15, 0.2) is 0 Å². The van der Waals surface area contributed by atoms with Crippen molar-refractivity contribution in [3.63, 3.8) is 0 Å². The second-order valence-corrected chi connectivity index (χ2v) is 6.67. The lowest BCUT2D eigenvalue weighted by atomic mass is 10.00. The highest BCUT2D eigenvalue weighted by molar-refractivity contribution is 7.89. The van der Waals surface area contributed by atoms with E-state index in [1.54, 1.807) is 0 Å². The Morgan fingerprint density at radius 3 is 2.95 bits per heavy atom. The topological polar surface area (TPSA) is 72.6 Å². The van der Waals surface area contributed by atoms with E-state index >= 15 is 0 Å². The Balaban J connectivity index is 2.11. The van der Waals surface area contributed by atoms with Gasteiger partial charge in [0, 0.05) is 25.4 Å². The first-order valence-electron chi connectivity index (χ1n) is 6.46. The van der Waals surface area contributed by atoms with Crippen LogP contribution in [-0.4, -0.2) is 38.2 Å². The van der Waals surface area contributed by atoms with Gasteiger partial charge in [0.2, 0.25) is 10.0 Å². The van der Waals surface area contributed by atoms with Crippen LogP contribution in [0.15, 0.2) is 18.2 Å². The molecule has 0 radical (unpaired) electrons. The molecular weight excluding hydrogens is 264 g/mol. The van der Waals surface area contributed by atoms with Crippen molar-refractivity contribution >= 4 is 15.7 Å². The average Bonchev–Trinajstić information content (AvgIpc) is 2.39. The van der Waals surface area contributed by atoms with E-state index < -0.39 is 10.0 Å². The maximum Gasteiger partial charge on any atom is 0.216 e. The summed E-state index contributed by atoms with van der Waals surface area (Å²) in [5.41, 5.74) is 8.68. The number of nitrogens with zero attached hydrogens (tertiary/aromatic N) is 1. The summed E-state index contributed by atoms with van der Waals surface area (Å²) in [7, 11) is -3.26. The van der Waals surface area contributed by atoms with E-state index in [1.807, 2.05) is 25.1 Å². The van der Waals surface area contributed by atoms with Crippen LogP contribution in [0, 0.1) is 0 Å². The van der Waals surface area contributed by atoms with E-state index in [9.17, 15) is 8.42 Å². The number of anilines is 1. The Morgan fingerprint density at radius 2 is 2.21 bits per heavy atom. The Kier molecular flexibility index (Phi) is 4.44. The van der Waals surface area contributed by atoms with Crippen LogP contribution in [0.1, 0.15) is 18.1 Å². The number of nitrogens with two attached hydrogens (primary N) is 1. The molecule has 19 heavy (non-hydrogen) atoms. The van der Waals surface area contributed by atoms with E-state index in [1.165, 1.54) is 4.31 Å². The summed E-state index contributed by atoms with van der Waals surface area (Å²) in [6.07, 6.45) is 0.717. The van der Waals surface area contributed by atoms with Gasteiger partial charge in [-0.05, 0) is 30.5 Å².